The molecule has 15 heavy (non-hydrogen) atoms. The van der Waals surface area contributed by atoms with Gasteiger partial charge in [0.2, 0.25) is 0 Å². The molecule has 1 aliphatic rings. The van der Waals surface area contributed by atoms with Crippen LogP contribution in [0.3, 0.4) is 0 Å². The van der Waals surface area contributed by atoms with Gasteiger partial charge in [0.25, 0.3) is 5.89 Å². The average Bonchev–Trinajstić information content (AvgIpc) is 2.89. The second kappa shape index (κ2) is 4.69. The first-order valence-corrected chi connectivity index (χ1v) is 5.10. The molecule has 0 aromatic carbocycles. The van der Waals surface area contributed by atoms with Gasteiger partial charge in [-0.3, -0.25) is 0 Å². The van der Waals surface area contributed by atoms with E-state index in [0.717, 1.165) is 13.0 Å². The van der Waals surface area contributed by atoms with Crippen molar-refractivity contribution in [1.82, 2.24) is 10.1 Å². The fourth-order valence-electron chi connectivity index (χ4n) is 1.57. The highest BCUT2D eigenvalue weighted by molar-refractivity contribution is 4.98. The van der Waals surface area contributed by atoms with Crippen molar-refractivity contribution < 1.29 is 14.4 Å². The molecule has 0 radical (unpaired) electrons. The third-order valence-electron chi connectivity index (χ3n) is 2.48. The van der Waals surface area contributed by atoms with Crippen LogP contribution in [-0.2, 0) is 4.74 Å². The van der Waals surface area contributed by atoms with Gasteiger partial charge < -0.3 is 20.1 Å². The summed E-state index contributed by atoms with van der Waals surface area (Å²) in [7, 11) is 0. The number of nitrogens with two attached hydrogens (primary N) is 1. The number of aromatic nitrogens is 2. The molecule has 0 bridgehead atoms. The normalized spacial score (nSPS) is 23.2. The molecule has 1 fully saturated rings. The van der Waals surface area contributed by atoms with Crippen molar-refractivity contribution in [2.24, 2.45) is 5.73 Å². The lowest BCUT2D eigenvalue weighted by Crippen LogP contribution is -2.07. The molecule has 1 aromatic rings. The van der Waals surface area contributed by atoms with E-state index in [1.807, 2.05) is 0 Å². The van der Waals surface area contributed by atoms with Gasteiger partial charge in [0.1, 0.15) is 6.10 Å². The minimum Gasteiger partial charge on any atom is -0.383 e. The lowest BCUT2D eigenvalue weighted by atomic mass is 10.1. The molecule has 0 spiro atoms. The van der Waals surface area contributed by atoms with Crippen molar-refractivity contribution in [3.05, 3.63) is 11.7 Å². The summed E-state index contributed by atoms with van der Waals surface area (Å²) in [5.74, 6) is 1.08. The summed E-state index contributed by atoms with van der Waals surface area (Å²) in [4.78, 5) is 4.15. The third kappa shape index (κ3) is 2.34. The van der Waals surface area contributed by atoms with Crippen LogP contribution in [-0.4, -0.2) is 35.0 Å². The number of hydrogen-bond donors (Lipinski definition) is 2. The minimum absolute atomic E-state index is 0.201. The van der Waals surface area contributed by atoms with Crippen molar-refractivity contribution in [2.45, 2.75) is 24.9 Å². The lowest BCUT2D eigenvalue weighted by Gasteiger charge is -2.01. The molecule has 1 aromatic heterocycles. The van der Waals surface area contributed by atoms with Crippen LogP contribution in [0, 0.1) is 0 Å². The maximum atomic E-state index is 9.57. The van der Waals surface area contributed by atoms with Gasteiger partial charge in [0.15, 0.2) is 5.82 Å². The fourth-order valence-corrected chi connectivity index (χ4v) is 1.57. The molecule has 0 aliphatic carbocycles. The van der Waals surface area contributed by atoms with Gasteiger partial charge in [-0.25, -0.2) is 0 Å². The largest absolute Gasteiger partial charge is 0.383 e. The van der Waals surface area contributed by atoms with E-state index < -0.39 is 6.10 Å². The molecule has 1 aliphatic heterocycles. The number of hydrogen-bond acceptors (Lipinski definition) is 6. The molecule has 2 atom stereocenters. The van der Waals surface area contributed by atoms with E-state index in [9.17, 15) is 5.11 Å². The Morgan fingerprint density at radius 3 is 3.13 bits per heavy atom. The molecule has 0 amide bonds. The second-order valence-electron chi connectivity index (χ2n) is 3.64. The Balaban J connectivity index is 2.02. The van der Waals surface area contributed by atoms with E-state index in [-0.39, 0.29) is 11.8 Å². The van der Waals surface area contributed by atoms with Crippen molar-refractivity contribution in [3.63, 3.8) is 0 Å². The number of aliphatic hydroxyl groups is 1. The lowest BCUT2D eigenvalue weighted by molar-refractivity contribution is 0.127. The van der Waals surface area contributed by atoms with Gasteiger partial charge in [0.05, 0.1) is 6.61 Å². The standard InChI is InChI=1S/C9H15N3O3/c10-3-1-7(13)9-11-8(12-15-9)6-2-4-14-5-6/h6-7,13H,1-5,10H2/t6?,7-/m0/s1. The van der Waals surface area contributed by atoms with Gasteiger partial charge in [-0.05, 0) is 19.4 Å². The Bertz CT molecular complexity index is 309. The molecule has 2 heterocycles. The number of rotatable bonds is 4. The molecule has 6 heteroatoms. The summed E-state index contributed by atoms with van der Waals surface area (Å²) in [5.41, 5.74) is 5.33. The molecule has 1 unspecified atom stereocenters. The molecule has 1 saturated heterocycles. The summed E-state index contributed by atoms with van der Waals surface area (Å²) in [6.45, 7) is 1.76. The number of aliphatic hydroxyl groups excluding tert-OH is 1. The molecular weight excluding hydrogens is 198 g/mol. The highest BCUT2D eigenvalue weighted by Gasteiger charge is 2.24. The summed E-state index contributed by atoms with van der Waals surface area (Å²) < 4.78 is 10.2. The van der Waals surface area contributed by atoms with Gasteiger partial charge in [-0.15, -0.1) is 0 Å². The maximum absolute atomic E-state index is 9.57. The number of nitrogens with zero attached hydrogens (tertiary/aromatic N) is 2. The van der Waals surface area contributed by atoms with E-state index in [4.69, 9.17) is 15.0 Å². The van der Waals surface area contributed by atoms with Crippen LogP contribution >= 0.6 is 0 Å². The van der Waals surface area contributed by atoms with Crippen molar-refractivity contribution in [2.75, 3.05) is 19.8 Å². The summed E-state index contributed by atoms with van der Waals surface area (Å²) in [6.07, 6.45) is 0.591. The summed E-state index contributed by atoms with van der Waals surface area (Å²) in [5, 5.41) is 13.4. The van der Waals surface area contributed by atoms with Crippen LogP contribution in [0.1, 0.15) is 36.6 Å². The van der Waals surface area contributed by atoms with E-state index in [2.05, 4.69) is 10.1 Å². The molecular formula is C9H15N3O3. The van der Waals surface area contributed by atoms with Gasteiger partial charge in [-0.1, -0.05) is 5.16 Å². The Morgan fingerprint density at radius 2 is 2.47 bits per heavy atom. The average molecular weight is 213 g/mol. The molecule has 3 N–H and O–H groups in total. The fraction of sp³-hybridized carbons (Fsp3) is 0.778. The van der Waals surface area contributed by atoms with E-state index in [1.165, 1.54) is 0 Å². The highest BCUT2D eigenvalue weighted by Crippen LogP contribution is 2.24. The second-order valence-corrected chi connectivity index (χ2v) is 3.64. The maximum Gasteiger partial charge on any atom is 0.255 e. The highest BCUT2D eigenvalue weighted by atomic mass is 16.5. The summed E-state index contributed by atoms with van der Waals surface area (Å²) in [6, 6.07) is 0. The molecule has 2 rings (SSSR count). The zero-order valence-corrected chi connectivity index (χ0v) is 8.43. The first kappa shape index (κ1) is 10.5. The van der Waals surface area contributed by atoms with Crippen LogP contribution in [0.25, 0.3) is 0 Å². The quantitative estimate of drug-likeness (QED) is 0.728. The van der Waals surface area contributed by atoms with E-state index >= 15 is 0 Å². The predicted octanol–water partition coefficient (Wildman–Crippen LogP) is -0.0443. The first-order valence-electron chi connectivity index (χ1n) is 5.10. The summed E-state index contributed by atoms with van der Waals surface area (Å²) >= 11 is 0. The van der Waals surface area contributed by atoms with E-state index in [1.54, 1.807) is 0 Å². The van der Waals surface area contributed by atoms with Crippen molar-refractivity contribution in [1.29, 1.82) is 0 Å². The van der Waals surface area contributed by atoms with E-state index in [0.29, 0.717) is 25.4 Å². The SMILES string of the molecule is NCC[C@H](O)c1nc(C2CCOC2)no1. The van der Waals surface area contributed by atoms with Gasteiger partial charge >= 0.3 is 0 Å². The zero-order valence-electron chi connectivity index (χ0n) is 8.43. The van der Waals surface area contributed by atoms with Crippen LogP contribution in [0.4, 0.5) is 0 Å². The first-order chi connectivity index (χ1) is 7.31. The molecule has 0 saturated carbocycles. The monoisotopic (exact) mass is 213 g/mol. The minimum atomic E-state index is -0.751. The van der Waals surface area contributed by atoms with Crippen LogP contribution in [0.5, 0.6) is 0 Å². The van der Waals surface area contributed by atoms with Gasteiger partial charge in [0, 0.05) is 12.5 Å². The third-order valence-corrected chi connectivity index (χ3v) is 2.48. The topological polar surface area (TPSA) is 94.4 Å². The smallest absolute Gasteiger partial charge is 0.255 e. The Kier molecular flexibility index (Phi) is 3.30. The number of ether oxygens (including phenoxy) is 1. The Morgan fingerprint density at radius 1 is 1.60 bits per heavy atom. The predicted molar refractivity (Wildman–Crippen MR) is 51.1 cm³/mol. The molecule has 6 nitrogen and oxygen atoms in total. The molecule has 84 valence electrons. The van der Waals surface area contributed by atoms with Crippen LogP contribution in [0.2, 0.25) is 0 Å². The van der Waals surface area contributed by atoms with Crippen molar-refractivity contribution >= 4 is 0 Å². The van der Waals surface area contributed by atoms with Gasteiger partial charge in [-0.2, -0.15) is 4.98 Å². The van der Waals surface area contributed by atoms with Crippen molar-refractivity contribution in [3.8, 4) is 0 Å². The van der Waals surface area contributed by atoms with Crippen LogP contribution in [0.15, 0.2) is 4.52 Å². The van der Waals surface area contributed by atoms with Crippen LogP contribution < -0.4 is 5.73 Å². The Hall–Kier alpha value is -0.980. The Labute approximate surface area is 87.4 Å². The zero-order chi connectivity index (χ0) is 10.7.